The van der Waals surface area contributed by atoms with Gasteiger partial charge in [-0.3, -0.25) is 9.38 Å². The van der Waals surface area contributed by atoms with Crippen molar-refractivity contribution in [2.24, 2.45) is 0 Å². The van der Waals surface area contributed by atoms with E-state index in [0.717, 1.165) is 16.6 Å². The molecule has 0 aliphatic heterocycles. The zero-order valence-electron chi connectivity index (χ0n) is 6.88. The van der Waals surface area contributed by atoms with Gasteiger partial charge in [-0.05, 0) is 12.1 Å². The summed E-state index contributed by atoms with van der Waals surface area (Å²) in [5.74, 6) is 0. The predicted molar refractivity (Wildman–Crippen MR) is 50.5 cm³/mol. The van der Waals surface area contributed by atoms with Crippen LogP contribution in [0.4, 0.5) is 0 Å². The van der Waals surface area contributed by atoms with Gasteiger partial charge < -0.3 is 0 Å². The minimum Gasteiger partial charge on any atom is -0.296 e. The Kier molecular flexibility index (Phi) is 1.16. The summed E-state index contributed by atoms with van der Waals surface area (Å²) in [7, 11) is 0. The third-order valence-corrected chi connectivity index (χ3v) is 2.14. The van der Waals surface area contributed by atoms with Gasteiger partial charge in [0.2, 0.25) is 0 Å². The highest BCUT2D eigenvalue weighted by atomic mass is 15.0. The zero-order chi connectivity index (χ0) is 8.67. The van der Waals surface area contributed by atoms with Crippen LogP contribution in [0.2, 0.25) is 0 Å². The molecule has 13 heavy (non-hydrogen) atoms. The number of aromatic nitrogens is 3. The van der Waals surface area contributed by atoms with E-state index in [1.165, 1.54) is 0 Å². The lowest BCUT2D eigenvalue weighted by Crippen LogP contribution is -1.87. The lowest BCUT2D eigenvalue weighted by Gasteiger charge is -1.99. The quantitative estimate of drug-likeness (QED) is 0.514. The molecule has 0 saturated heterocycles. The van der Waals surface area contributed by atoms with Crippen molar-refractivity contribution in [1.82, 2.24) is 14.4 Å². The Balaban J connectivity index is 2.65. The molecule has 0 aliphatic carbocycles. The second-order valence-electron chi connectivity index (χ2n) is 2.94. The van der Waals surface area contributed by atoms with Crippen LogP contribution < -0.4 is 0 Å². The van der Waals surface area contributed by atoms with Gasteiger partial charge in [-0.2, -0.15) is 0 Å². The standard InChI is InChI=1S/C10H7N3/c1-2-4-10-9(3-1)12-6-8-5-11-7-13(8)10/h1-7H. The smallest absolute Gasteiger partial charge is 0.0998 e. The van der Waals surface area contributed by atoms with Crippen molar-refractivity contribution in [2.75, 3.05) is 0 Å². The number of hydrogen-bond acceptors (Lipinski definition) is 2. The Morgan fingerprint density at radius 2 is 2.00 bits per heavy atom. The molecule has 3 heteroatoms. The topological polar surface area (TPSA) is 30.2 Å². The highest BCUT2D eigenvalue weighted by molar-refractivity contribution is 5.77. The Morgan fingerprint density at radius 3 is 3.00 bits per heavy atom. The number of para-hydroxylation sites is 2. The third-order valence-electron chi connectivity index (χ3n) is 2.14. The van der Waals surface area contributed by atoms with E-state index in [4.69, 9.17) is 0 Å². The second-order valence-corrected chi connectivity index (χ2v) is 2.94. The van der Waals surface area contributed by atoms with Gasteiger partial charge in [-0.1, -0.05) is 12.1 Å². The third kappa shape index (κ3) is 0.839. The Morgan fingerprint density at radius 1 is 1.08 bits per heavy atom. The van der Waals surface area contributed by atoms with Crippen LogP contribution in [-0.4, -0.2) is 14.4 Å². The van der Waals surface area contributed by atoms with Crippen LogP contribution in [0.25, 0.3) is 16.6 Å². The van der Waals surface area contributed by atoms with Crippen LogP contribution >= 0.6 is 0 Å². The summed E-state index contributed by atoms with van der Waals surface area (Å²) in [4.78, 5) is 8.40. The summed E-state index contributed by atoms with van der Waals surface area (Å²) in [6.45, 7) is 0. The van der Waals surface area contributed by atoms with Crippen LogP contribution in [0.3, 0.4) is 0 Å². The summed E-state index contributed by atoms with van der Waals surface area (Å²) in [5, 5.41) is 0. The van der Waals surface area contributed by atoms with Gasteiger partial charge in [-0.15, -0.1) is 0 Å². The first-order valence-electron chi connectivity index (χ1n) is 4.11. The van der Waals surface area contributed by atoms with Gasteiger partial charge in [0.1, 0.15) is 0 Å². The number of nitrogens with zero attached hydrogens (tertiary/aromatic N) is 3. The number of fused-ring (bicyclic) bond motifs is 3. The van der Waals surface area contributed by atoms with Crippen LogP contribution in [0, 0.1) is 0 Å². The van der Waals surface area contributed by atoms with Crippen molar-refractivity contribution in [1.29, 1.82) is 0 Å². The first-order chi connectivity index (χ1) is 6.45. The van der Waals surface area contributed by atoms with Crippen molar-refractivity contribution in [3.63, 3.8) is 0 Å². The fraction of sp³-hybridized carbons (Fsp3) is 0. The van der Waals surface area contributed by atoms with E-state index in [1.807, 2.05) is 34.9 Å². The van der Waals surface area contributed by atoms with Crippen molar-refractivity contribution in [3.8, 4) is 0 Å². The molecule has 0 aliphatic rings. The molecule has 3 rings (SSSR count). The molecule has 0 radical (unpaired) electrons. The van der Waals surface area contributed by atoms with E-state index < -0.39 is 0 Å². The number of imidazole rings is 1. The molecule has 0 bridgehead atoms. The molecule has 0 N–H and O–H groups in total. The summed E-state index contributed by atoms with van der Waals surface area (Å²) >= 11 is 0. The van der Waals surface area contributed by atoms with Crippen molar-refractivity contribution < 1.29 is 0 Å². The highest BCUT2D eigenvalue weighted by Crippen LogP contribution is 2.12. The molecule has 0 atom stereocenters. The van der Waals surface area contributed by atoms with Gasteiger partial charge in [0.05, 0.1) is 35.3 Å². The molecule has 3 nitrogen and oxygen atoms in total. The first kappa shape index (κ1) is 6.60. The average Bonchev–Trinajstić information content (AvgIpc) is 2.65. The molecular formula is C10H7N3. The molecule has 2 heterocycles. The van der Waals surface area contributed by atoms with Crippen LogP contribution in [0.5, 0.6) is 0 Å². The molecule has 0 spiro atoms. The minimum atomic E-state index is 0.994. The molecule has 0 amide bonds. The van der Waals surface area contributed by atoms with Crippen LogP contribution in [-0.2, 0) is 0 Å². The SMILES string of the molecule is c1ccc2c(c1)ncc1cncn12. The molecular weight excluding hydrogens is 162 g/mol. The summed E-state index contributed by atoms with van der Waals surface area (Å²) < 4.78 is 2.03. The average molecular weight is 169 g/mol. The zero-order valence-corrected chi connectivity index (χ0v) is 6.88. The molecule has 3 aromatic rings. The van der Waals surface area contributed by atoms with Crippen molar-refractivity contribution >= 4 is 16.6 Å². The first-order valence-corrected chi connectivity index (χ1v) is 4.11. The van der Waals surface area contributed by atoms with Crippen molar-refractivity contribution in [2.45, 2.75) is 0 Å². The predicted octanol–water partition coefficient (Wildman–Crippen LogP) is 1.88. The number of hydrogen-bond donors (Lipinski definition) is 0. The molecule has 62 valence electrons. The van der Waals surface area contributed by atoms with E-state index in [2.05, 4.69) is 9.97 Å². The van der Waals surface area contributed by atoms with Gasteiger partial charge in [0.25, 0.3) is 0 Å². The van der Waals surface area contributed by atoms with E-state index in [1.54, 1.807) is 12.5 Å². The maximum atomic E-state index is 4.32. The maximum absolute atomic E-state index is 4.32. The fourth-order valence-electron chi connectivity index (χ4n) is 1.51. The largest absolute Gasteiger partial charge is 0.296 e. The van der Waals surface area contributed by atoms with Crippen LogP contribution in [0.15, 0.2) is 43.0 Å². The lowest BCUT2D eigenvalue weighted by molar-refractivity contribution is 1.19. The number of benzene rings is 1. The van der Waals surface area contributed by atoms with Gasteiger partial charge in [0, 0.05) is 0 Å². The fourth-order valence-corrected chi connectivity index (χ4v) is 1.51. The van der Waals surface area contributed by atoms with E-state index in [-0.39, 0.29) is 0 Å². The normalized spacial score (nSPS) is 11.1. The Hall–Kier alpha value is -1.90. The molecule has 0 saturated carbocycles. The molecule has 2 aromatic heterocycles. The minimum absolute atomic E-state index is 0.994. The monoisotopic (exact) mass is 169 g/mol. The maximum Gasteiger partial charge on any atom is 0.0998 e. The summed E-state index contributed by atoms with van der Waals surface area (Å²) in [6.07, 6.45) is 5.44. The number of rotatable bonds is 0. The van der Waals surface area contributed by atoms with Crippen LogP contribution in [0.1, 0.15) is 0 Å². The van der Waals surface area contributed by atoms with Crippen molar-refractivity contribution in [3.05, 3.63) is 43.0 Å². The molecule has 1 aromatic carbocycles. The lowest BCUT2D eigenvalue weighted by atomic mass is 10.3. The summed E-state index contributed by atoms with van der Waals surface area (Å²) in [5.41, 5.74) is 3.12. The summed E-state index contributed by atoms with van der Waals surface area (Å²) in [6, 6.07) is 8.02. The Labute approximate surface area is 74.7 Å². The van der Waals surface area contributed by atoms with Gasteiger partial charge in [0.15, 0.2) is 0 Å². The second kappa shape index (κ2) is 2.29. The highest BCUT2D eigenvalue weighted by Gasteiger charge is 1.98. The van der Waals surface area contributed by atoms with E-state index in [9.17, 15) is 0 Å². The Bertz CT molecular complexity index is 568. The van der Waals surface area contributed by atoms with E-state index >= 15 is 0 Å². The molecule has 0 fully saturated rings. The molecule has 0 unspecified atom stereocenters. The van der Waals surface area contributed by atoms with Gasteiger partial charge >= 0.3 is 0 Å². The van der Waals surface area contributed by atoms with E-state index in [0.29, 0.717) is 0 Å². The van der Waals surface area contributed by atoms with Gasteiger partial charge in [-0.25, -0.2) is 4.98 Å².